The third kappa shape index (κ3) is 2.12. The highest BCUT2D eigenvalue weighted by molar-refractivity contribution is 6.06. The van der Waals surface area contributed by atoms with Gasteiger partial charge in [0.1, 0.15) is 5.58 Å². The lowest BCUT2D eigenvalue weighted by Gasteiger charge is -2.09. The quantitative estimate of drug-likeness (QED) is 0.697. The molecule has 4 heteroatoms. The average molecular weight is 266 g/mol. The molecule has 100 valence electrons. The summed E-state index contributed by atoms with van der Waals surface area (Å²) in [6.45, 7) is 1.89. The molecule has 0 radical (unpaired) electrons. The number of amides is 1. The number of hydrogen-bond donors (Lipinski definition) is 2. The summed E-state index contributed by atoms with van der Waals surface area (Å²) in [5.41, 5.74) is 8.64. The molecule has 0 aliphatic carbocycles. The van der Waals surface area contributed by atoms with Gasteiger partial charge >= 0.3 is 0 Å². The van der Waals surface area contributed by atoms with E-state index >= 15 is 0 Å². The predicted molar refractivity (Wildman–Crippen MR) is 79.8 cm³/mol. The summed E-state index contributed by atoms with van der Waals surface area (Å²) in [5.74, 6) is -0.0314. The maximum absolute atomic E-state index is 12.2. The molecule has 0 aliphatic rings. The van der Waals surface area contributed by atoms with E-state index < -0.39 is 0 Å². The zero-order chi connectivity index (χ0) is 14.1. The molecular formula is C16H14N2O2. The van der Waals surface area contributed by atoms with Crippen LogP contribution in [-0.2, 0) is 0 Å². The molecule has 20 heavy (non-hydrogen) atoms. The SMILES string of the molecule is Cc1cccc(N)c1NC(=O)c1cc2ccccc2o1. The van der Waals surface area contributed by atoms with Crippen molar-refractivity contribution >= 4 is 28.3 Å². The molecule has 0 spiro atoms. The van der Waals surface area contributed by atoms with Crippen LogP contribution in [0.2, 0.25) is 0 Å². The summed E-state index contributed by atoms with van der Waals surface area (Å²) < 4.78 is 5.53. The Hall–Kier alpha value is -2.75. The van der Waals surface area contributed by atoms with Crippen LogP contribution in [0.5, 0.6) is 0 Å². The fraction of sp³-hybridized carbons (Fsp3) is 0.0625. The van der Waals surface area contributed by atoms with Crippen LogP contribution in [0.15, 0.2) is 52.9 Å². The van der Waals surface area contributed by atoms with Gasteiger partial charge in [-0.1, -0.05) is 30.3 Å². The van der Waals surface area contributed by atoms with Crippen molar-refractivity contribution in [3.05, 3.63) is 59.9 Å². The highest BCUT2D eigenvalue weighted by Crippen LogP contribution is 2.24. The molecule has 4 nitrogen and oxygen atoms in total. The first kappa shape index (κ1) is 12.3. The Labute approximate surface area is 116 Å². The molecule has 1 heterocycles. The third-order valence-corrected chi connectivity index (χ3v) is 3.19. The van der Waals surface area contributed by atoms with Crippen LogP contribution < -0.4 is 11.1 Å². The van der Waals surface area contributed by atoms with E-state index in [2.05, 4.69) is 5.32 Å². The van der Waals surface area contributed by atoms with Crippen LogP contribution in [0.25, 0.3) is 11.0 Å². The van der Waals surface area contributed by atoms with Crippen molar-refractivity contribution in [1.29, 1.82) is 0 Å². The fourth-order valence-electron chi connectivity index (χ4n) is 2.13. The lowest BCUT2D eigenvalue weighted by Crippen LogP contribution is -2.13. The number of rotatable bonds is 2. The number of fused-ring (bicyclic) bond motifs is 1. The van der Waals surface area contributed by atoms with Crippen LogP contribution in [0, 0.1) is 6.92 Å². The molecule has 3 N–H and O–H groups in total. The van der Waals surface area contributed by atoms with Gasteiger partial charge in [-0.05, 0) is 30.7 Å². The molecule has 3 aromatic rings. The number of carbonyl (C=O) groups is 1. The van der Waals surface area contributed by atoms with Crippen molar-refractivity contribution in [2.24, 2.45) is 0 Å². The monoisotopic (exact) mass is 266 g/mol. The van der Waals surface area contributed by atoms with Gasteiger partial charge in [0.2, 0.25) is 0 Å². The second kappa shape index (κ2) is 4.74. The molecule has 3 rings (SSSR count). The topological polar surface area (TPSA) is 68.3 Å². The number of aryl methyl sites for hydroxylation is 1. The van der Waals surface area contributed by atoms with Crippen molar-refractivity contribution in [3.63, 3.8) is 0 Å². The first-order chi connectivity index (χ1) is 9.65. The molecule has 1 aromatic heterocycles. The van der Waals surface area contributed by atoms with E-state index in [1.807, 2.05) is 43.3 Å². The largest absolute Gasteiger partial charge is 0.451 e. The molecule has 0 aliphatic heterocycles. The van der Waals surface area contributed by atoms with Gasteiger partial charge in [-0.25, -0.2) is 0 Å². The average Bonchev–Trinajstić information content (AvgIpc) is 2.87. The molecule has 0 fully saturated rings. The predicted octanol–water partition coefficient (Wildman–Crippen LogP) is 3.58. The van der Waals surface area contributed by atoms with Gasteiger partial charge in [0.15, 0.2) is 5.76 Å². The number of nitrogens with one attached hydrogen (secondary N) is 1. The third-order valence-electron chi connectivity index (χ3n) is 3.19. The minimum Gasteiger partial charge on any atom is -0.451 e. The summed E-state index contributed by atoms with van der Waals surface area (Å²) in [6.07, 6.45) is 0. The Morgan fingerprint density at radius 3 is 2.70 bits per heavy atom. The zero-order valence-electron chi connectivity index (χ0n) is 11.0. The van der Waals surface area contributed by atoms with Crippen molar-refractivity contribution < 1.29 is 9.21 Å². The van der Waals surface area contributed by atoms with E-state index in [-0.39, 0.29) is 11.7 Å². The molecule has 0 unspecified atom stereocenters. The van der Waals surface area contributed by atoms with E-state index in [4.69, 9.17) is 10.2 Å². The van der Waals surface area contributed by atoms with E-state index in [0.717, 1.165) is 10.9 Å². The summed E-state index contributed by atoms with van der Waals surface area (Å²) in [6, 6.07) is 14.7. The number of para-hydroxylation sites is 2. The van der Waals surface area contributed by atoms with Gasteiger partial charge in [0.25, 0.3) is 5.91 Å². The molecule has 0 atom stereocenters. The van der Waals surface area contributed by atoms with Crippen molar-refractivity contribution in [3.8, 4) is 0 Å². The zero-order valence-corrected chi connectivity index (χ0v) is 11.0. The minimum absolute atomic E-state index is 0.272. The van der Waals surface area contributed by atoms with Gasteiger partial charge in [0, 0.05) is 5.39 Å². The first-order valence-electron chi connectivity index (χ1n) is 6.30. The molecule has 0 saturated heterocycles. The first-order valence-corrected chi connectivity index (χ1v) is 6.30. The summed E-state index contributed by atoms with van der Waals surface area (Å²) >= 11 is 0. The van der Waals surface area contributed by atoms with Gasteiger partial charge in [-0.2, -0.15) is 0 Å². The number of furan rings is 1. The Morgan fingerprint density at radius 1 is 1.15 bits per heavy atom. The van der Waals surface area contributed by atoms with E-state index in [0.29, 0.717) is 17.0 Å². The Kier molecular flexibility index (Phi) is 2.91. The highest BCUT2D eigenvalue weighted by Gasteiger charge is 2.14. The number of anilines is 2. The maximum Gasteiger partial charge on any atom is 0.291 e. The molecule has 0 saturated carbocycles. The van der Waals surface area contributed by atoms with Gasteiger partial charge < -0.3 is 15.5 Å². The van der Waals surface area contributed by atoms with Gasteiger partial charge in [-0.3, -0.25) is 4.79 Å². The Morgan fingerprint density at radius 2 is 1.95 bits per heavy atom. The molecule has 1 amide bonds. The summed E-state index contributed by atoms with van der Waals surface area (Å²) in [4.78, 5) is 12.2. The second-order valence-electron chi connectivity index (χ2n) is 4.64. The van der Waals surface area contributed by atoms with Crippen LogP contribution in [0.4, 0.5) is 11.4 Å². The molecule has 2 aromatic carbocycles. The standard InChI is InChI=1S/C16H14N2O2/c1-10-5-4-7-12(17)15(10)18-16(19)14-9-11-6-2-3-8-13(11)20-14/h2-9H,17H2,1H3,(H,18,19). The molecule has 0 bridgehead atoms. The number of carbonyl (C=O) groups excluding carboxylic acids is 1. The lowest BCUT2D eigenvalue weighted by atomic mass is 10.1. The van der Waals surface area contributed by atoms with Crippen molar-refractivity contribution in [2.45, 2.75) is 6.92 Å². The smallest absolute Gasteiger partial charge is 0.291 e. The fourth-order valence-corrected chi connectivity index (χ4v) is 2.13. The Bertz CT molecular complexity index is 737. The Balaban J connectivity index is 1.93. The van der Waals surface area contributed by atoms with E-state index in [9.17, 15) is 4.79 Å². The summed E-state index contributed by atoms with van der Waals surface area (Å²) in [5, 5.41) is 3.70. The van der Waals surface area contributed by atoms with Crippen LogP contribution in [0.3, 0.4) is 0 Å². The lowest BCUT2D eigenvalue weighted by molar-refractivity contribution is 0.0998. The van der Waals surface area contributed by atoms with Crippen LogP contribution in [0.1, 0.15) is 16.1 Å². The van der Waals surface area contributed by atoms with E-state index in [1.54, 1.807) is 12.1 Å². The normalized spacial score (nSPS) is 10.7. The van der Waals surface area contributed by atoms with Gasteiger partial charge in [0.05, 0.1) is 11.4 Å². The molecular weight excluding hydrogens is 252 g/mol. The van der Waals surface area contributed by atoms with Crippen LogP contribution in [-0.4, -0.2) is 5.91 Å². The highest BCUT2D eigenvalue weighted by atomic mass is 16.3. The van der Waals surface area contributed by atoms with Gasteiger partial charge in [-0.15, -0.1) is 0 Å². The minimum atomic E-state index is -0.304. The number of nitrogens with two attached hydrogens (primary N) is 1. The summed E-state index contributed by atoms with van der Waals surface area (Å²) in [7, 11) is 0. The second-order valence-corrected chi connectivity index (χ2v) is 4.64. The van der Waals surface area contributed by atoms with Crippen molar-refractivity contribution in [1.82, 2.24) is 0 Å². The number of benzene rings is 2. The van der Waals surface area contributed by atoms with Crippen LogP contribution >= 0.6 is 0 Å². The number of hydrogen-bond acceptors (Lipinski definition) is 3. The number of nitrogen functional groups attached to an aromatic ring is 1. The van der Waals surface area contributed by atoms with E-state index in [1.165, 1.54) is 0 Å². The van der Waals surface area contributed by atoms with Crippen molar-refractivity contribution in [2.75, 3.05) is 11.1 Å². The maximum atomic E-state index is 12.2.